The second kappa shape index (κ2) is 6.52. The molecule has 3 aromatic rings. The molecular weight excluding hydrogens is 326 g/mol. The van der Waals surface area contributed by atoms with Gasteiger partial charge in [0.25, 0.3) is 0 Å². The van der Waals surface area contributed by atoms with E-state index in [1.54, 1.807) is 32.7 Å². The number of ether oxygens (including phenoxy) is 3. The molecule has 6 nitrogen and oxygen atoms in total. The highest BCUT2D eigenvalue weighted by Gasteiger charge is 2.17. The highest BCUT2D eigenvalue weighted by atomic mass is 32.1. The number of anilines is 1. The van der Waals surface area contributed by atoms with Crippen LogP contribution in [0.1, 0.15) is 5.56 Å². The van der Waals surface area contributed by atoms with E-state index in [9.17, 15) is 0 Å². The van der Waals surface area contributed by atoms with E-state index in [4.69, 9.17) is 19.2 Å². The van der Waals surface area contributed by atoms with Crippen molar-refractivity contribution in [3.8, 4) is 28.6 Å². The third kappa shape index (κ3) is 2.60. The fraction of sp³-hybridized carbons (Fsp3) is 0.294. The van der Waals surface area contributed by atoms with Crippen molar-refractivity contribution < 1.29 is 14.2 Å². The van der Waals surface area contributed by atoms with Gasteiger partial charge < -0.3 is 19.5 Å². The molecule has 0 aliphatic heterocycles. The number of hydrogen-bond acceptors (Lipinski definition) is 7. The lowest BCUT2D eigenvalue weighted by atomic mass is 10.1. The molecule has 0 unspecified atom stereocenters. The summed E-state index contributed by atoms with van der Waals surface area (Å²) in [5.74, 6) is 3.11. The molecule has 0 aliphatic rings. The molecule has 0 amide bonds. The molecule has 3 rings (SSSR count). The number of aryl methyl sites for hydroxylation is 1. The van der Waals surface area contributed by atoms with Crippen LogP contribution in [0.3, 0.4) is 0 Å². The maximum Gasteiger partial charge on any atom is 0.203 e. The number of hydrogen-bond donors (Lipinski definition) is 1. The summed E-state index contributed by atoms with van der Waals surface area (Å²) in [4.78, 5) is 10.3. The van der Waals surface area contributed by atoms with E-state index in [1.807, 2.05) is 19.2 Å². The van der Waals surface area contributed by atoms with Crippen LogP contribution in [0.25, 0.3) is 21.6 Å². The first-order chi connectivity index (χ1) is 11.6. The Kier molecular flexibility index (Phi) is 4.44. The molecule has 0 bridgehead atoms. The Bertz CT molecular complexity index is 867. The molecule has 0 fully saturated rings. The van der Waals surface area contributed by atoms with Crippen molar-refractivity contribution in [1.82, 2.24) is 9.97 Å². The van der Waals surface area contributed by atoms with E-state index >= 15 is 0 Å². The van der Waals surface area contributed by atoms with Gasteiger partial charge >= 0.3 is 0 Å². The third-order valence-electron chi connectivity index (χ3n) is 3.78. The van der Waals surface area contributed by atoms with Gasteiger partial charge in [-0.1, -0.05) is 0 Å². The summed E-state index contributed by atoms with van der Waals surface area (Å²) in [6.07, 6.45) is 0. The molecule has 24 heavy (non-hydrogen) atoms. The Balaban J connectivity index is 2.23. The van der Waals surface area contributed by atoms with Gasteiger partial charge in [0.1, 0.15) is 10.6 Å². The molecule has 1 aromatic carbocycles. The molecule has 0 atom stereocenters. The molecule has 0 radical (unpaired) electrons. The van der Waals surface area contributed by atoms with Crippen molar-refractivity contribution in [2.24, 2.45) is 0 Å². The SMILES string of the molecule is CNc1nc(-c2cc(OC)c(OC)c(OC)c2)nc2scc(C)c12. The van der Waals surface area contributed by atoms with Crippen molar-refractivity contribution in [2.45, 2.75) is 6.92 Å². The van der Waals surface area contributed by atoms with Crippen molar-refractivity contribution in [1.29, 1.82) is 0 Å². The molecule has 2 heterocycles. The van der Waals surface area contributed by atoms with Crippen LogP contribution in [0.5, 0.6) is 17.2 Å². The first-order valence-corrected chi connectivity index (χ1v) is 8.24. The number of benzene rings is 1. The summed E-state index contributed by atoms with van der Waals surface area (Å²) < 4.78 is 16.2. The van der Waals surface area contributed by atoms with Gasteiger partial charge in [-0.05, 0) is 30.0 Å². The molecule has 0 aliphatic carbocycles. The predicted molar refractivity (Wildman–Crippen MR) is 96.8 cm³/mol. The second-order valence-electron chi connectivity index (χ2n) is 5.16. The lowest BCUT2D eigenvalue weighted by Crippen LogP contribution is -2.00. The van der Waals surface area contributed by atoms with E-state index in [-0.39, 0.29) is 0 Å². The number of aromatic nitrogens is 2. The summed E-state index contributed by atoms with van der Waals surface area (Å²) in [6, 6.07) is 3.70. The summed E-state index contributed by atoms with van der Waals surface area (Å²) in [5.41, 5.74) is 1.96. The van der Waals surface area contributed by atoms with Crippen LogP contribution in [0, 0.1) is 6.92 Å². The summed E-state index contributed by atoms with van der Waals surface area (Å²) in [6.45, 7) is 2.06. The average Bonchev–Trinajstić information content (AvgIpc) is 3.00. The third-order valence-corrected chi connectivity index (χ3v) is 4.77. The quantitative estimate of drug-likeness (QED) is 0.760. The lowest BCUT2D eigenvalue weighted by Gasteiger charge is -2.14. The molecule has 2 aromatic heterocycles. The number of fused-ring (bicyclic) bond motifs is 1. The number of rotatable bonds is 5. The van der Waals surface area contributed by atoms with E-state index in [1.165, 1.54) is 0 Å². The number of nitrogens with zero attached hydrogens (tertiary/aromatic N) is 2. The fourth-order valence-electron chi connectivity index (χ4n) is 2.60. The maximum absolute atomic E-state index is 5.42. The lowest BCUT2D eigenvalue weighted by molar-refractivity contribution is 0.324. The van der Waals surface area contributed by atoms with Crippen molar-refractivity contribution >= 4 is 27.4 Å². The van der Waals surface area contributed by atoms with Crippen LogP contribution in [0.4, 0.5) is 5.82 Å². The van der Waals surface area contributed by atoms with Gasteiger partial charge in [0.2, 0.25) is 5.75 Å². The first-order valence-electron chi connectivity index (χ1n) is 7.36. The smallest absolute Gasteiger partial charge is 0.203 e. The van der Waals surface area contributed by atoms with Gasteiger partial charge in [-0.3, -0.25) is 0 Å². The maximum atomic E-state index is 5.42. The molecule has 126 valence electrons. The van der Waals surface area contributed by atoms with Crippen LogP contribution in [0.2, 0.25) is 0 Å². The fourth-order valence-corrected chi connectivity index (χ4v) is 3.53. The highest BCUT2D eigenvalue weighted by Crippen LogP contribution is 2.41. The zero-order valence-electron chi connectivity index (χ0n) is 14.3. The second-order valence-corrected chi connectivity index (χ2v) is 6.02. The Morgan fingerprint density at radius 3 is 2.21 bits per heavy atom. The van der Waals surface area contributed by atoms with Crippen LogP contribution >= 0.6 is 11.3 Å². The predicted octanol–water partition coefficient (Wildman–Crippen LogP) is 3.73. The van der Waals surface area contributed by atoms with Crippen molar-refractivity contribution in [3.63, 3.8) is 0 Å². The summed E-state index contributed by atoms with van der Waals surface area (Å²) >= 11 is 1.60. The topological polar surface area (TPSA) is 65.5 Å². The minimum Gasteiger partial charge on any atom is -0.493 e. The van der Waals surface area contributed by atoms with E-state index in [2.05, 4.69) is 22.6 Å². The normalized spacial score (nSPS) is 10.7. The Labute approximate surface area is 144 Å². The monoisotopic (exact) mass is 345 g/mol. The average molecular weight is 345 g/mol. The Morgan fingerprint density at radius 1 is 1.00 bits per heavy atom. The Morgan fingerprint density at radius 2 is 1.67 bits per heavy atom. The summed E-state index contributed by atoms with van der Waals surface area (Å²) in [7, 11) is 6.62. The number of thiophene rings is 1. The van der Waals surface area contributed by atoms with Gasteiger partial charge in [0, 0.05) is 12.6 Å². The molecule has 1 N–H and O–H groups in total. The summed E-state index contributed by atoms with van der Waals surface area (Å²) in [5, 5.41) is 6.29. The van der Waals surface area contributed by atoms with Crippen LogP contribution < -0.4 is 19.5 Å². The minimum absolute atomic E-state index is 0.547. The Hall–Kier alpha value is -2.54. The standard InChI is InChI=1S/C17H19N3O3S/c1-9-8-24-17-13(9)16(18-2)19-15(20-17)10-6-11(21-3)14(23-5)12(7-10)22-4/h6-8H,1-5H3,(H,18,19,20). The van der Waals surface area contributed by atoms with Crippen LogP contribution in [0.15, 0.2) is 17.5 Å². The van der Waals surface area contributed by atoms with E-state index in [0.717, 1.165) is 27.2 Å². The molecule has 7 heteroatoms. The molecule has 0 saturated carbocycles. The van der Waals surface area contributed by atoms with E-state index in [0.29, 0.717) is 23.1 Å². The number of nitrogens with one attached hydrogen (secondary N) is 1. The van der Waals surface area contributed by atoms with Crippen molar-refractivity contribution in [2.75, 3.05) is 33.7 Å². The molecule has 0 saturated heterocycles. The van der Waals surface area contributed by atoms with Gasteiger partial charge in [0.05, 0.1) is 26.7 Å². The van der Waals surface area contributed by atoms with Gasteiger partial charge in [-0.25, -0.2) is 9.97 Å². The zero-order valence-corrected chi connectivity index (χ0v) is 15.1. The van der Waals surface area contributed by atoms with Crippen LogP contribution in [-0.4, -0.2) is 38.3 Å². The molecular formula is C17H19N3O3S. The minimum atomic E-state index is 0.547. The van der Waals surface area contributed by atoms with Crippen molar-refractivity contribution in [3.05, 3.63) is 23.1 Å². The highest BCUT2D eigenvalue weighted by molar-refractivity contribution is 7.17. The first kappa shape index (κ1) is 16.3. The van der Waals surface area contributed by atoms with Gasteiger partial charge in [-0.2, -0.15) is 0 Å². The van der Waals surface area contributed by atoms with Gasteiger partial charge in [-0.15, -0.1) is 11.3 Å². The number of methoxy groups -OCH3 is 3. The van der Waals surface area contributed by atoms with Gasteiger partial charge in [0.15, 0.2) is 17.3 Å². The molecule has 0 spiro atoms. The largest absolute Gasteiger partial charge is 0.493 e. The zero-order chi connectivity index (χ0) is 17.3. The van der Waals surface area contributed by atoms with E-state index < -0.39 is 0 Å². The van der Waals surface area contributed by atoms with Crippen LogP contribution in [-0.2, 0) is 0 Å².